The minimum atomic E-state index is 0.0538. The van der Waals surface area contributed by atoms with Crippen LogP contribution in [0.2, 0.25) is 0 Å². The van der Waals surface area contributed by atoms with Gasteiger partial charge in [-0.05, 0) is 12.1 Å². The Hall–Kier alpha value is -1.45. The summed E-state index contributed by atoms with van der Waals surface area (Å²) in [4.78, 5) is 12.9. The Morgan fingerprint density at radius 3 is 3.08 bits per heavy atom. The number of benzene rings is 1. The molecule has 2 radical (unpaired) electrons. The lowest BCUT2D eigenvalue weighted by molar-refractivity contribution is -0.116. The fourth-order valence-electron chi connectivity index (χ4n) is 1.40. The van der Waals surface area contributed by atoms with Gasteiger partial charge in [-0.25, -0.2) is 0 Å². The van der Waals surface area contributed by atoms with Gasteiger partial charge in [-0.2, -0.15) is 0 Å². The van der Waals surface area contributed by atoms with E-state index in [0.717, 1.165) is 11.4 Å². The summed E-state index contributed by atoms with van der Waals surface area (Å²) < 4.78 is 0. The quantitative estimate of drug-likeness (QED) is 0.552. The molecule has 1 heterocycles. The van der Waals surface area contributed by atoms with Crippen LogP contribution in [0.5, 0.6) is 0 Å². The van der Waals surface area contributed by atoms with E-state index in [2.05, 4.69) is 5.32 Å². The lowest BCUT2D eigenvalue weighted by atomic mass is 9.94. The summed E-state index contributed by atoms with van der Waals surface area (Å²) in [5, 5.41) is 3.02. The van der Waals surface area contributed by atoms with Crippen molar-refractivity contribution in [2.24, 2.45) is 0 Å². The Bertz CT molecular complexity index is 365. The first kappa shape index (κ1) is 8.17. The van der Waals surface area contributed by atoms with Gasteiger partial charge < -0.3 is 10.2 Å². The number of hydrogen-bond acceptors (Lipinski definition) is 2. The molecule has 1 aliphatic rings. The monoisotopic (exact) mass is 172 g/mol. The van der Waals surface area contributed by atoms with Crippen LogP contribution in [0.1, 0.15) is 0 Å². The maximum Gasteiger partial charge on any atom is 0.246 e. The summed E-state index contributed by atoms with van der Waals surface area (Å²) >= 11 is 0. The van der Waals surface area contributed by atoms with Gasteiger partial charge in [-0.1, -0.05) is 11.5 Å². The van der Waals surface area contributed by atoms with Crippen LogP contribution in [0.25, 0.3) is 0 Å². The van der Waals surface area contributed by atoms with Gasteiger partial charge in [-0.3, -0.25) is 4.79 Å². The number of fused-ring (bicyclic) bond motifs is 1. The molecule has 13 heavy (non-hydrogen) atoms. The number of hydrogen-bond donors (Lipinski definition) is 1. The molecule has 0 unspecified atom stereocenters. The van der Waals surface area contributed by atoms with E-state index in [9.17, 15) is 4.79 Å². The highest BCUT2D eigenvalue weighted by Crippen LogP contribution is 2.26. The van der Waals surface area contributed by atoms with Gasteiger partial charge in [0.05, 0.1) is 17.9 Å². The van der Waals surface area contributed by atoms with E-state index in [1.54, 1.807) is 18.0 Å². The number of anilines is 2. The standard InChI is InChI=1S/C9H9BN2O/c1-12-8-4-6(10)2-3-7(8)11-5-9(12)13/h2-4,11H,5H2,1H3. The zero-order valence-corrected chi connectivity index (χ0v) is 7.37. The first-order chi connectivity index (χ1) is 6.18. The highest BCUT2D eigenvalue weighted by Gasteiger charge is 2.19. The Morgan fingerprint density at radius 2 is 2.31 bits per heavy atom. The van der Waals surface area contributed by atoms with Crippen LogP contribution < -0.4 is 15.7 Å². The molecule has 1 amide bonds. The second kappa shape index (κ2) is 2.80. The summed E-state index contributed by atoms with van der Waals surface area (Å²) in [7, 11) is 7.38. The first-order valence-corrected chi connectivity index (χ1v) is 4.08. The van der Waals surface area contributed by atoms with Crippen molar-refractivity contribution >= 4 is 30.6 Å². The lowest BCUT2D eigenvalue weighted by Gasteiger charge is -2.27. The molecule has 4 heteroatoms. The number of carbonyl (C=O) groups is 1. The molecule has 3 nitrogen and oxygen atoms in total. The smallest absolute Gasteiger partial charge is 0.246 e. The van der Waals surface area contributed by atoms with Crippen molar-refractivity contribution in [3.63, 3.8) is 0 Å². The number of nitrogens with zero attached hydrogens (tertiary/aromatic N) is 1. The number of rotatable bonds is 0. The van der Waals surface area contributed by atoms with E-state index in [1.165, 1.54) is 0 Å². The Balaban J connectivity index is 2.51. The van der Waals surface area contributed by atoms with Gasteiger partial charge in [0, 0.05) is 7.05 Å². The molecule has 1 aromatic carbocycles. The van der Waals surface area contributed by atoms with Gasteiger partial charge >= 0.3 is 0 Å². The molecule has 1 aliphatic heterocycles. The average molecular weight is 172 g/mol. The number of nitrogens with one attached hydrogen (secondary N) is 1. The summed E-state index contributed by atoms with van der Waals surface area (Å²) in [6.45, 7) is 0.355. The van der Waals surface area contributed by atoms with E-state index in [-0.39, 0.29) is 5.91 Å². The van der Waals surface area contributed by atoms with Gasteiger partial charge in [0.2, 0.25) is 5.91 Å². The fourth-order valence-corrected chi connectivity index (χ4v) is 1.40. The van der Waals surface area contributed by atoms with Crippen LogP contribution in [0.3, 0.4) is 0 Å². The number of amides is 1. The Kier molecular flexibility index (Phi) is 1.76. The van der Waals surface area contributed by atoms with Crippen molar-refractivity contribution in [3.05, 3.63) is 18.2 Å². The molecule has 0 atom stereocenters. The van der Waals surface area contributed by atoms with Crippen molar-refractivity contribution in [1.29, 1.82) is 0 Å². The third-order valence-corrected chi connectivity index (χ3v) is 2.19. The van der Waals surface area contributed by atoms with E-state index >= 15 is 0 Å². The van der Waals surface area contributed by atoms with E-state index in [1.807, 2.05) is 12.1 Å². The topological polar surface area (TPSA) is 32.3 Å². The van der Waals surface area contributed by atoms with Crippen LogP contribution in [0.4, 0.5) is 11.4 Å². The van der Waals surface area contributed by atoms with Gasteiger partial charge in [0.1, 0.15) is 7.85 Å². The first-order valence-electron chi connectivity index (χ1n) is 4.08. The summed E-state index contributed by atoms with van der Waals surface area (Å²) in [6, 6.07) is 5.49. The molecule has 2 rings (SSSR count). The molecular weight excluding hydrogens is 163 g/mol. The molecule has 1 N–H and O–H groups in total. The predicted octanol–water partition coefficient (Wildman–Crippen LogP) is -0.131. The number of likely N-dealkylation sites (N-methyl/N-ethyl adjacent to an activating group) is 1. The van der Waals surface area contributed by atoms with Gasteiger partial charge in [0.15, 0.2) is 0 Å². The lowest BCUT2D eigenvalue weighted by Crippen LogP contribution is -2.37. The number of carbonyl (C=O) groups excluding carboxylic acids is 1. The van der Waals surface area contributed by atoms with Crippen LogP contribution in [-0.4, -0.2) is 27.3 Å². The second-order valence-corrected chi connectivity index (χ2v) is 3.08. The highest BCUT2D eigenvalue weighted by atomic mass is 16.2. The molecule has 0 aromatic heterocycles. The molecule has 0 saturated heterocycles. The zero-order valence-electron chi connectivity index (χ0n) is 7.37. The van der Waals surface area contributed by atoms with Crippen molar-refractivity contribution in [2.75, 3.05) is 23.8 Å². The van der Waals surface area contributed by atoms with Crippen molar-refractivity contribution < 1.29 is 4.79 Å². The summed E-state index contributed by atoms with van der Waals surface area (Å²) in [6.07, 6.45) is 0. The van der Waals surface area contributed by atoms with Crippen LogP contribution in [-0.2, 0) is 4.79 Å². The second-order valence-electron chi connectivity index (χ2n) is 3.08. The third-order valence-electron chi connectivity index (χ3n) is 2.19. The van der Waals surface area contributed by atoms with E-state index < -0.39 is 0 Å². The summed E-state index contributed by atoms with van der Waals surface area (Å²) in [5.41, 5.74) is 2.47. The van der Waals surface area contributed by atoms with Crippen molar-refractivity contribution in [3.8, 4) is 0 Å². The minimum Gasteiger partial charge on any atom is -0.374 e. The third kappa shape index (κ3) is 1.28. The molecule has 0 fully saturated rings. The maximum atomic E-state index is 11.3. The molecule has 64 valence electrons. The Morgan fingerprint density at radius 1 is 1.54 bits per heavy atom. The molecule has 0 saturated carbocycles. The van der Waals surface area contributed by atoms with E-state index in [4.69, 9.17) is 7.85 Å². The molecule has 0 bridgehead atoms. The van der Waals surface area contributed by atoms with Gasteiger partial charge in [-0.15, -0.1) is 0 Å². The fraction of sp³-hybridized carbons (Fsp3) is 0.222. The van der Waals surface area contributed by atoms with Crippen LogP contribution in [0, 0.1) is 0 Å². The SMILES string of the molecule is [B]c1ccc2c(c1)N(C)C(=O)CN2. The molecule has 0 spiro atoms. The van der Waals surface area contributed by atoms with Crippen LogP contribution >= 0.6 is 0 Å². The largest absolute Gasteiger partial charge is 0.374 e. The zero-order chi connectivity index (χ0) is 9.42. The van der Waals surface area contributed by atoms with Gasteiger partial charge in [0.25, 0.3) is 0 Å². The maximum absolute atomic E-state index is 11.3. The van der Waals surface area contributed by atoms with Crippen molar-refractivity contribution in [2.45, 2.75) is 0 Å². The molecular formula is C9H9BN2O. The van der Waals surface area contributed by atoms with Crippen LogP contribution in [0.15, 0.2) is 18.2 Å². The molecule has 0 aliphatic carbocycles. The highest BCUT2D eigenvalue weighted by molar-refractivity contribution is 6.33. The average Bonchev–Trinajstić information content (AvgIpc) is 2.12. The summed E-state index contributed by atoms with van der Waals surface area (Å²) in [5.74, 6) is 0.0538. The predicted molar refractivity (Wildman–Crippen MR) is 53.7 cm³/mol. The normalized spacial score (nSPS) is 15.2. The minimum absolute atomic E-state index is 0.0538. The molecule has 1 aromatic rings. The van der Waals surface area contributed by atoms with E-state index in [0.29, 0.717) is 12.0 Å². The Labute approximate surface area is 78.1 Å². The van der Waals surface area contributed by atoms with Crippen molar-refractivity contribution in [1.82, 2.24) is 0 Å².